The van der Waals surface area contributed by atoms with Crippen molar-refractivity contribution in [3.05, 3.63) is 65.4 Å². The number of aliphatic hydroxyl groups excluding tert-OH is 1. The van der Waals surface area contributed by atoms with Gasteiger partial charge in [-0.1, -0.05) is 11.6 Å². The first-order valence-electron chi connectivity index (χ1n) is 11.0. The first kappa shape index (κ1) is 23.7. The molecule has 1 fully saturated rings. The van der Waals surface area contributed by atoms with E-state index in [0.717, 1.165) is 43.2 Å². The first-order chi connectivity index (χ1) is 16.6. The standard InChI is InChI=1S/C24H28ClN7O2/c1-26-32-16-18(21-15-20(34)3-4-22(21)25)2-5-23(32)29-17-28-19-6-7-27-24(14-19)31-10-8-30(9-11-31)12-13-33/h2-7,14-16,33-34H,1,8-13,17H2,(H,27,28)/b29-23-. The van der Waals surface area contributed by atoms with Crippen LogP contribution >= 0.6 is 11.6 Å². The molecule has 3 heterocycles. The molecular weight excluding hydrogens is 454 g/mol. The largest absolute Gasteiger partial charge is 0.508 e. The second kappa shape index (κ2) is 11.1. The zero-order valence-corrected chi connectivity index (χ0v) is 19.6. The Morgan fingerprint density at radius 2 is 1.91 bits per heavy atom. The van der Waals surface area contributed by atoms with Crippen LogP contribution in [0.2, 0.25) is 5.02 Å². The molecule has 0 aliphatic carbocycles. The highest BCUT2D eigenvalue weighted by Gasteiger charge is 2.17. The van der Waals surface area contributed by atoms with E-state index in [1.165, 1.54) is 0 Å². The van der Waals surface area contributed by atoms with Crippen molar-refractivity contribution in [1.29, 1.82) is 0 Å². The SMILES string of the molecule is C=Nn1cc(-c2cc(O)ccc2Cl)cc/c1=N/CNc1ccnc(N2CCN(CCO)CC2)c1. The number of anilines is 2. The molecule has 1 aliphatic heterocycles. The summed E-state index contributed by atoms with van der Waals surface area (Å²) in [6, 6.07) is 12.4. The fraction of sp³-hybridized carbons (Fsp3) is 0.292. The van der Waals surface area contributed by atoms with Crippen molar-refractivity contribution >= 4 is 29.8 Å². The molecule has 0 radical (unpaired) electrons. The molecule has 9 nitrogen and oxygen atoms in total. The van der Waals surface area contributed by atoms with Crippen LogP contribution in [-0.2, 0) is 0 Å². The Hall–Kier alpha value is -3.40. The van der Waals surface area contributed by atoms with E-state index < -0.39 is 0 Å². The van der Waals surface area contributed by atoms with E-state index in [4.69, 9.17) is 16.7 Å². The summed E-state index contributed by atoms with van der Waals surface area (Å²) in [5.74, 6) is 1.06. The van der Waals surface area contributed by atoms with E-state index in [2.05, 4.69) is 36.9 Å². The average molecular weight is 482 g/mol. The van der Waals surface area contributed by atoms with Gasteiger partial charge in [-0.05, 0) is 36.4 Å². The van der Waals surface area contributed by atoms with Crippen molar-refractivity contribution in [1.82, 2.24) is 14.6 Å². The summed E-state index contributed by atoms with van der Waals surface area (Å²) in [4.78, 5) is 13.6. The average Bonchev–Trinajstić information content (AvgIpc) is 2.86. The predicted molar refractivity (Wildman–Crippen MR) is 136 cm³/mol. The van der Waals surface area contributed by atoms with Gasteiger partial charge < -0.3 is 20.4 Å². The van der Waals surface area contributed by atoms with Crippen molar-refractivity contribution in [2.75, 3.05) is 56.2 Å². The Morgan fingerprint density at radius 3 is 2.68 bits per heavy atom. The number of β-amino-alcohol motifs (C(OH)–C–C–N with tert-alkyl or cyclic N) is 1. The molecule has 3 N–H and O–H groups in total. The zero-order chi connectivity index (χ0) is 23.9. The van der Waals surface area contributed by atoms with Crippen LogP contribution in [0.25, 0.3) is 11.1 Å². The van der Waals surface area contributed by atoms with Crippen LogP contribution in [0.15, 0.2) is 65.0 Å². The normalized spacial score (nSPS) is 14.9. The maximum Gasteiger partial charge on any atom is 0.150 e. The van der Waals surface area contributed by atoms with Crippen LogP contribution in [0.4, 0.5) is 11.5 Å². The highest BCUT2D eigenvalue weighted by molar-refractivity contribution is 6.33. The number of phenols is 1. The maximum atomic E-state index is 9.79. The third-order valence-electron chi connectivity index (χ3n) is 5.70. The molecule has 0 saturated carbocycles. The molecular formula is C24H28ClN7O2. The van der Waals surface area contributed by atoms with Crippen molar-refractivity contribution in [2.24, 2.45) is 10.1 Å². The number of hydrogen-bond donors (Lipinski definition) is 3. The molecule has 0 amide bonds. The number of hydrogen-bond acceptors (Lipinski definition) is 8. The topological polar surface area (TPSA) is 102 Å². The fourth-order valence-electron chi connectivity index (χ4n) is 3.87. The third kappa shape index (κ3) is 5.74. The van der Waals surface area contributed by atoms with Crippen LogP contribution in [0.5, 0.6) is 5.75 Å². The summed E-state index contributed by atoms with van der Waals surface area (Å²) in [5, 5.41) is 26.8. The number of piperazine rings is 1. The molecule has 0 spiro atoms. The molecule has 34 heavy (non-hydrogen) atoms. The number of pyridine rings is 2. The lowest BCUT2D eigenvalue weighted by Gasteiger charge is -2.35. The van der Waals surface area contributed by atoms with Crippen LogP contribution in [0, 0.1) is 0 Å². The zero-order valence-electron chi connectivity index (χ0n) is 18.8. The second-order valence-electron chi connectivity index (χ2n) is 7.87. The van der Waals surface area contributed by atoms with Gasteiger partial charge in [0.25, 0.3) is 0 Å². The maximum absolute atomic E-state index is 9.79. The third-order valence-corrected chi connectivity index (χ3v) is 6.03. The first-order valence-corrected chi connectivity index (χ1v) is 11.4. The number of nitrogens with zero attached hydrogens (tertiary/aromatic N) is 6. The number of aromatic hydroxyl groups is 1. The Balaban J connectivity index is 1.44. The van der Waals surface area contributed by atoms with Crippen LogP contribution in [0.3, 0.4) is 0 Å². The smallest absolute Gasteiger partial charge is 0.150 e. The number of benzene rings is 1. The van der Waals surface area contributed by atoms with Gasteiger partial charge in [-0.15, -0.1) is 0 Å². The van der Waals surface area contributed by atoms with Crippen LogP contribution in [0.1, 0.15) is 0 Å². The van der Waals surface area contributed by atoms with E-state index in [1.807, 2.05) is 24.3 Å². The van der Waals surface area contributed by atoms with Gasteiger partial charge in [0.05, 0.1) is 6.61 Å². The quantitative estimate of drug-likeness (QED) is 0.427. The molecule has 10 heteroatoms. The van der Waals surface area contributed by atoms with Gasteiger partial charge in [0.15, 0.2) is 0 Å². The van der Waals surface area contributed by atoms with E-state index in [-0.39, 0.29) is 12.4 Å². The van der Waals surface area contributed by atoms with Gasteiger partial charge in [0.1, 0.15) is 23.7 Å². The Morgan fingerprint density at radius 1 is 1.09 bits per heavy atom. The van der Waals surface area contributed by atoms with Crippen molar-refractivity contribution in [3.63, 3.8) is 0 Å². The summed E-state index contributed by atoms with van der Waals surface area (Å²) < 4.78 is 1.57. The van der Waals surface area contributed by atoms with E-state index in [1.54, 1.807) is 35.3 Å². The highest BCUT2D eigenvalue weighted by atomic mass is 35.5. The lowest BCUT2D eigenvalue weighted by Crippen LogP contribution is -2.47. The number of nitrogens with one attached hydrogen (secondary N) is 1. The second-order valence-corrected chi connectivity index (χ2v) is 8.28. The van der Waals surface area contributed by atoms with Gasteiger partial charge in [0, 0.05) is 79.7 Å². The summed E-state index contributed by atoms with van der Waals surface area (Å²) in [7, 11) is 0. The molecule has 0 unspecified atom stereocenters. The highest BCUT2D eigenvalue weighted by Crippen LogP contribution is 2.30. The molecule has 1 aliphatic rings. The minimum absolute atomic E-state index is 0.138. The van der Waals surface area contributed by atoms with E-state index in [9.17, 15) is 5.11 Å². The van der Waals surface area contributed by atoms with Crippen molar-refractivity contribution < 1.29 is 10.2 Å². The Bertz CT molecular complexity index is 1210. The van der Waals surface area contributed by atoms with Crippen molar-refractivity contribution in [2.45, 2.75) is 0 Å². The molecule has 3 aromatic rings. The van der Waals surface area contributed by atoms with Crippen LogP contribution < -0.4 is 15.7 Å². The minimum atomic E-state index is 0.138. The van der Waals surface area contributed by atoms with Crippen LogP contribution in [-0.4, -0.2) is 77.5 Å². The number of rotatable bonds is 8. The summed E-state index contributed by atoms with van der Waals surface area (Å²) >= 11 is 6.29. The van der Waals surface area contributed by atoms with Gasteiger partial charge in [0.2, 0.25) is 0 Å². The molecule has 1 saturated heterocycles. The van der Waals surface area contributed by atoms with Gasteiger partial charge in [-0.2, -0.15) is 5.10 Å². The molecule has 2 aromatic heterocycles. The lowest BCUT2D eigenvalue weighted by atomic mass is 10.1. The summed E-state index contributed by atoms with van der Waals surface area (Å²) in [6.45, 7) is 8.45. The molecule has 4 rings (SSSR count). The predicted octanol–water partition coefficient (Wildman–Crippen LogP) is 2.46. The van der Waals surface area contributed by atoms with Gasteiger partial charge in [-0.25, -0.2) is 14.7 Å². The lowest BCUT2D eigenvalue weighted by molar-refractivity contribution is 0.188. The Kier molecular flexibility index (Phi) is 7.79. The number of aromatic nitrogens is 2. The number of aliphatic hydroxyl groups is 1. The minimum Gasteiger partial charge on any atom is -0.508 e. The molecule has 178 valence electrons. The van der Waals surface area contributed by atoms with E-state index >= 15 is 0 Å². The molecule has 0 atom stereocenters. The summed E-state index contributed by atoms with van der Waals surface area (Å²) in [6.07, 6.45) is 3.56. The molecule has 0 bridgehead atoms. The fourth-order valence-corrected chi connectivity index (χ4v) is 4.10. The van der Waals surface area contributed by atoms with Gasteiger partial charge in [-0.3, -0.25) is 4.90 Å². The Labute approximate surface area is 203 Å². The summed E-state index contributed by atoms with van der Waals surface area (Å²) in [5.41, 5.74) is 3.04. The number of phenolic OH excluding ortho intramolecular Hbond substituents is 1. The van der Waals surface area contributed by atoms with Gasteiger partial charge >= 0.3 is 0 Å². The molecule has 1 aromatic carbocycles. The van der Waals surface area contributed by atoms with Crippen molar-refractivity contribution in [3.8, 4) is 16.9 Å². The van der Waals surface area contributed by atoms with E-state index in [0.29, 0.717) is 29.3 Å². The monoisotopic (exact) mass is 481 g/mol. The number of halogens is 1.